The zero-order valence-electron chi connectivity index (χ0n) is 14.8. The molecule has 0 spiro atoms. The van der Waals surface area contributed by atoms with E-state index >= 15 is 0 Å². The number of hydrogen-bond donors (Lipinski definition) is 2. The third-order valence-electron chi connectivity index (χ3n) is 4.09. The highest BCUT2D eigenvalue weighted by atomic mass is 16.5. The van der Waals surface area contributed by atoms with Crippen LogP contribution >= 0.6 is 0 Å². The number of nitrogens with zero attached hydrogens (tertiary/aromatic N) is 2. The lowest BCUT2D eigenvalue weighted by molar-refractivity contribution is 0.102. The number of carbonyl (C=O) groups is 1. The molecule has 2 aromatic rings. The molecule has 1 aromatic carbocycles. The van der Waals surface area contributed by atoms with Gasteiger partial charge in [-0.3, -0.25) is 4.79 Å². The van der Waals surface area contributed by atoms with E-state index < -0.39 is 0 Å². The van der Waals surface area contributed by atoms with Gasteiger partial charge in [0.15, 0.2) is 0 Å². The second kappa shape index (κ2) is 8.48. The van der Waals surface area contributed by atoms with Crippen LogP contribution in [0.4, 0.5) is 11.5 Å². The number of carbonyl (C=O) groups excluding carboxylic acids is 1. The number of hydrogen-bond acceptors (Lipinski definition) is 7. The van der Waals surface area contributed by atoms with E-state index in [9.17, 15) is 4.79 Å². The molecule has 1 aliphatic heterocycles. The number of rotatable bonds is 7. The SMILES string of the molecule is COc1ccc(NC(=O)c2cc(NCC3CCCO3)ncn2)c(OC)c1. The second-order valence-electron chi connectivity index (χ2n) is 5.82. The third-order valence-corrected chi connectivity index (χ3v) is 4.09. The molecule has 1 amide bonds. The minimum Gasteiger partial charge on any atom is -0.497 e. The minimum absolute atomic E-state index is 0.186. The van der Waals surface area contributed by atoms with Crippen molar-refractivity contribution in [2.75, 3.05) is 38.0 Å². The zero-order chi connectivity index (χ0) is 18.4. The lowest BCUT2D eigenvalue weighted by Crippen LogP contribution is -2.20. The maximum absolute atomic E-state index is 12.5. The van der Waals surface area contributed by atoms with Crippen molar-refractivity contribution in [3.63, 3.8) is 0 Å². The number of amides is 1. The summed E-state index contributed by atoms with van der Waals surface area (Å²) in [4.78, 5) is 20.7. The fraction of sp³-hybridized carbons (Fsp3) is 0.389. The second-order valence-corrected chi connectivity index (χ2v) is 5.82. The summed E-state index contributed by atoms with van der Waals surface area (Å²) in [5.74, 6) is 1.38. The monoisotopic (exact) mass is 358 g/mol. The first-order chi connectivity index (χ1) is 12.7. The summed E-state index contributed by atoms with van der Waals surface area (Å²) >= 11 is 0. The highest BCUT2D eigenvalue weighted by Gasteiger charge is 2.16. The Labute approximate surface area is 151 Å². The van der Waals surface area contributed by atoms with Gasteiger partial charge in [0.25, 0.3) is 5.91 Å². The Hall–Kier alpha value is -2.87. The van der Waals surface area contributed by atoms with Gasteiger partial charge in [0.1, 0.15) is 29.3 Å². The van der Waals surface area contributed by atoms with Crippen molar-refractivity contribution in [3.8, 4) is 11.5 Å². The first-order valence-corrected chi connectivity index (χ1v) is 8.40. The van der Waals surface area contributed by atoms with Crippen LogP contribution in [-0.4, -0.2) is 49.4 Å². The van der Waals surface area contributed by atoms with E-state index in [1.807, 2.05) is 0 Å². The predicted molar refractivity (Wildman–Crippen MR) is 97.0 cm³/mol. The number of ether oxygens (including phenoxy) is 3. The summed E-state index contributed by atoms with van der Waals surface area (Å²) in [7, 11) is 3.10. The summed E-state index contributed by atoms with van der Waals surface area (Å²) in [5, 5.41) is 5.98. The number of benzene rings is 1. The van der Waals surface area contributed by atoms with Gasteiger partial charge in [0, 0.05) is 25.3 Å². The Morgan fingerprint density at radius 3 is 2.88 bits per heavy atom. The molecule has 2 heterocycles. The molecule has 26 heavy (non-hydrogen) atoms. The van der Waals surface area contributed by atoms with Gasteiger partial charge in [-0.1, -0.05) is 0 Å². The molecule has 3 rings (SSSR count). The molecule has 1 aromatic heterocycles. The Balaban J connectivity index is 1.67. The molecule has 0 bridgehead atoms. The van der Waals surface area contributed by atoms with Crippen LogP contribution in [0.3, 0.4) is 0 Å². The topological polar surface area (TPSA) is 94.6 Å². The van der Waals surface area contributed by atoms with Gasteiger partial charge in [-0.15, -0.1) is 0 Å². The Kier molecular flexibility index (Phi) is 5.85. The van der Waals surface area contributed by atoms with E-state index in [1.165, 1.54) is 13.4 Å². The molecule has 0 aliphatic carbocycles. The standard InChI is InChI=1S/C18H22N4O4/c1-24-12-5-6-14(16(8-12)25-2)22-18(23)15-9-17(21-11-20-15)19-10-13-4-3-7-26-13/h5-6,8-9,11,13H,3-4,7,10H2,1-2H3,(H,22,23)(H,19,20,21). The van der Waals surface area contributed by atoms with Crippen molar-refractivity contribution in [2.24, 2.45) is 0 Å². The van der Waals surface area contributed by atoms with E-state index in [0.29, 0.717) is 29.5 Å². The normalized spacial score (nSPS) is 16.2. The van der Waals surface area contributed by atoms with Crippen molar-refractivity contribution >= 4 is 17.4 Å². The van der Waals surface area contributed by atoms with Crippen LogP contribution in [0.15, 0.2) is 30.6 Å². The number of methoxy groups -OCH3 is 2. The van der Waals surface area contributed by atoms with Crippen LogP contribution in [0.5, 0.6) is 11.5 Å². The molecule has 8 nitrogen and oxygen atoms in total. The Morgan fingerprint density at radius 2 is 2.15 bits per heavy atom. The van der Waals surface area contributed by atoms with E-state index in [2.05, 4.69) is 20.6 Å². The summed E-state index contributed by atoms with van der Waals surface area (Å²) in [6, 6.07) is 6.77. The molecule has 8 heteroatoms. The van der Waals surface area contributed by atoms with Crippen LogP contribution in [0.2, 0.25) is 0 Å². The first kappa shape index (κ1) is 17.9. The van der Waals surface area contributed by atoms with Crippen LogP contribution in [-0.2, 0) is 4.74 Å². The largest absolute Gasteiger partial charge is 0.497 e. The van der Waals surface area contributed by atoms with E-state index in [4.69, 9.17) is 14.2 Å². The number of anilines is 2. The fourth-order valence-electron chi connectivity index (χ4n) is 2.69. The Bertz CT molecular complexity index is 763. The molecule has 138 valence electrons. The summed E-state index contributed by atoms with van der Waals surface area (Å²) in [5.41, 5.74) is 0.790. The number of aromatic nitrogens is 2. The molecular weight excluding hydrogens is 336 g/mol. The summed E-state index contributed by atoms with van der Waals surface area (Å²) in [6.07, 6.45) is 3.65. The van der Waals surface area contributed by atoms with Crippen LogP contribution in [0, 0.1) is 0 Å². The molecule has 1 saturated heterocycles. The maximum atomic E-state index is 12.5. The molecule has 1 unspecified atom stereocenters. The van der Waals surface area contributed by atoms with Crippen molar-refractivity contribution in [3.05, 3.63) is 36.3 Å². The lowest BCUT2D eigenvalue weighted by Gasteiger charge is -2.13. The van der Waals surface area contributed by atoms with E-state index in [0.717, 1.165) is 19.4 Å². The van der Waals surface area contributed by atoms with Crippen molar-refractivity contribution in [1.82, 2.24) is 9.97 Å². The summed E-state index contributed by atoms with van der Waals surface area (Å²) in [6.45, 7) is 1.46. The van der Waals surface area contributed by atoms with Gasteiger partial charge in [0.05, 0.1) is 26.0 Å². The van der Waals surface area contributed by atoms with Crippen molar-refractivity contribution < 1.29 is 19.0 Å². The average molecular weight is 358 g/mol. The zero-order valence-corrected chi connectivity index (χ0v) is 14.8. The molecule has 1 fully saturated rings. The predicted octanol–water partition coefficient (Wildman–Crippen LogP) is 2.34. The average Bonchev–Trinajstić information content (AvgIpc) is 3.20. The first-order valence-electron chi connectivity index (χ1n) is 8.40. The van der Waals surface area contributed by atoms with Gasteiger partial charge < -0.3 is 24.8 Å². The fourth-order valence-corrected chi connectivity index (χ4v) is 2.69. The van der Waals surface area contributed by atoms with Gasteiger partial charge >= 0.3 is 0 Å². The van der Waals surface area contributed by atoms with Crippen LogP contribution in [0.1, 0.15) is 23.3 Å². The minimum atomic E-state index is -0.351. The highest BCUT2D eigenvalue weighted by molar-refractivity contribution is 6.04. The molecule has 1 atom stereocenters. The highest BCUT2D eigenvalue weighted by Crippen LogP contribution is 2.29. The maximum Gasteiger partial charge on any atom is 0.274 e. The van der Waals surface area contributed by atoms with Gasteiger partial charge in [-0.2, -0.15) is 0 Å². The molecule has 1 aliphatic rings. The smallest absolute Gasteiger partial charge is 0.274 e. The molecule has 0 radical (unpaired) electrons. The number of nitrogens with one attached hydrogen (secondary N) is 2. The Morgan fingerprint density at radius 1 is 1.27 bits per heavy atom. The quantitative estimate of drug-likeness (QED) is 0.784. The molecule has 0 saturated carbocycles. The van der Waals surface area contributed by atoms with Crippen molar-refractivity contribution in [2.45, 2.75) is 18.9 Å². The van der Waals surface area contributed by atoms with Crippen LogP contribution in [0.25, 0.3) is 0 Å². The van der Waals surface area contributed by atoms with Crippen LogP contribution < -0.4 is 20.1 Å². The third kappa shape index (κ3) is 4.40. The molecule has 2 N–H and O–H groups in total. The van der Waals surface area contributed by atoms with E-state index in [-0.39, 0.29) is 17.7 Å². The lowest BCUT2D eigenvalue weighted by atomic mass is 10.2. The van der Waals surface area contributed by atoms with E-state index in [1.54, 1.807) is 31.4 Å². The van der Waals surface area contributed by atoms with Gasteiger partial charge in [0.2, 0.25) is 0 Å². The summed E-state index contributed by atoms with van der Waals surface area (Å²) < 4.78 is 16.0. The van der Waals surface area contributed by atoms with Gasteiger partial charge in [-0.25, -0.2) is 9.97 Å². The van der Waals surface area contributed by atoms with Crippen molar-refractivity contribution in [1.29, 1.82) is 0 Å². The molecular formula is C18H22N4O4. The van der Waals surface area contributed by atoms with Gasteiger partial charge in [-0.05, 0) is 25.0 Å².